The zero-order chi connectivity index (χ0) is 72.5. The monoisotopic (exact) mass is 1380 g/mol. The fourth-order valence-electron chi connectivity index (χ4n) is 10.8. The summed E-state index contributed by atoms with van der Waals surface area (Å²) in [5, 5.41) is 22.9. The van der Waals surface area contributed by atoms with Crippen LogP contribution >= 0.6 is 11.8 Å². The minimum absolute atomic E-state index is 0.0606. The molecule has 0 spiro atoms. The number of Topliss-reactive ketones (excluding diaryl/α,β-unsaturated/α-hetero) is 1. The number of hydrogen-bond donors (Lipinski definition) is 3. The van der Waals surface area contributed by atoms with E-state index in [1.807, 2.05) is 49.6 Å². The van der Waals surface area contributed by atoms with Gasteiger partial charge in [-0.05, 0) is 78.3 Å². The number of ether oxygens (including phenoxy) is 4. The van der Waals surface area contributed by atoms with E-state index in [0.717, 1.165) is 42.7 Å². The highest BCUT2D eigenvalue weighted by molar-refractivity contribution is 7.98. The van der Waals surface area contributed by atoms with E-state index in [1.54, 1.807) is 101 Å². The summed E-state index contributed by atoms with van der Waals surface area (Å²) in [6.45, 7) is 4.37. The van der Waals surface area contributed by atoms with Gasteiger partial charge in [-0.25, -0.2) is 0 Å². The summed E-state index contributed by atoms with van der Waals surface area (Å²) in [6.07, 6.45) is 1.95. The Labute approximate surface area is 573 Å². The van der Waals surface area contributed by atoms with Gasteiger partial charge in [0.05, 0.1) is 81.8 Å². The zero-order valence-corrected chi connectivity index (χ0v) is 59.1. The van der Waals surface area contributed by atoms with Gasteiger partial charge in [0, 0.05) is 40.7 Å². The number of thioether (sulfide) groups is 1. The number of carboxylic acids is 2. The van der Waals surface area contributed by atoms with Gasteiger partial charge in [-0.1, -0.05) is 91.0 Å². The Morgan fingerprint density at radius 2 is 0.629 bits per heavy atom. The molecule has 29 heteroatoms. The van der Waals surface area contributed by atoms with Crippen molar-refractivity contribution in [3.8, 4) is 0 Å². The molecule has 7 atom stereocenters. The van der Waals surface area contributed by atoms with Crippen LogP contribution in [0, 0.1) is 0 Å². The van der Waals surface area contributed by atoms with E-state index in [2.05, 4.69) is 5.32 Å². The maximum atomic E-state index is 15.4. The summed E-state index contributed by atoms with van der Waals surface area (Å²) in [7, 11) is 5.40. The standard InChI is InChI=1S/C68H100N10O18S/c1-47(43-93-9)72(34-59(81)70(32-51(5)79)41-67(89)90)62(84)37-75(50(4)46-96-12)63(85)36-74(49(3)45-95-11)61(83)33-71(42-68(91)92)60(82)35-73(48(2)44-94-10)64(86)38-77(53(7)56-25-19-15-20-26-56)66(88)40-78(54(8)57-27-21-16-22-28-57)65(87)39-76(58(80)31-69-29-30-97-13)52(6)55-23-17-14-18-24-55/h14-28,47-50,52-54,69H,29-46H2,1-13H3,(H,89,90)(H,91,92). The molecule has 0 radical (unpaired) electrons. The largest absolute Gasteiger partial charge is 0.480 e. The second-order valence-electron chi connectivity index (χ2n) is 23.8. The van der Waals surface area contributed by atoms with Gasteiger partial charge in [-0.15, -0.1) is 0 Å². The summed E-state index contributed by atoms with van der Waals surface area (Å²) in [6, 6.07) is 21.3. The minimum atomic E-state index is -1.55. The number of carbonyl (C=O) groups excluding carboxylic acids is 10. The topological polar surface area (TPSA) is 323 Å². The van der Waals surface area contributed by atoms with Gasteiger partial charge >= 0.3 is 11.9 Å². The molecule has 0 bridgehead atoms. The Balaban J connectivity index is 2.10. The van der Waals surface area contributed by atoms with E-state index in [9.17, 15) is 53.4 Å². The van der Waals surface area contributed by atoms with Crippen LogP contribution in [-0.4, -0.2) is 301 Å². The maximum absolute atomic E-state index is 15.4. The van der Waals surface area contributed by atoms with Crippen LogP contribution in [0.25, 0.3) is 0 Å². The molecule has 9 amide bonds. The molecule has 3 N–H and O–H groups in total. The third-order valence-electron chi connectivity index (χ3n) is 16.2. The summed E-state index contributed by atoms with van der Waals surface area (Å²) in [4.78, 5) is 178. The van der Waals surface area contributed by atoms with Crippen LogP contribution in [0.1, 0.15) is 90.2 Å². The first-order chi connectivity index (χ1) is 46.0. The fourth-order valence-corrected chi connectivity index (χ4v) is 11.1. The molecule has 3 rings (SSSR count). The summed E-state index contributed by atoms with van der Waals surface area (Å²) < 4.78 is 21.5. The second-order valence-corrected chi connectivity index (χ2v) is 24.8. The number of nitrogens with one attached hydrogen (secondary N) is 1. The third-order valence-corrected chi connectivity index (χ3v) is 16.9. The number of amides is 9. The van der Waals surface area contributed by atoms with Gasteiger partial charge in [0.25, 0.3) is 0 Å². The molecule has 3 aromatic carbocycles. The molecule has 7 unspecified atom stereocenters. The minimum Gasteiger partial charge on any atom is -0.480 e. The van der Waals surface area contributed by atoms with Gasteiger partial charge in [-0.3, -0.25) is 57.5 Å². The number of nitrogens with zero attached hydrogens (tertiary/aromatic N) is 9. The summed E-state index contributed by atoms with van der Waals surface area (Å²) >= 11 is 1.61. The Morgan fingerprint density at radius 3 is 0.907 bits per heavy atom. The molecule has 0 aliphatic heterocycles. The molecule has 0 fully saturated rings. The first-order valence-electron chi connectivity index (χ1n) is 31.9. The van der Waals surface area contributed by atoms with Crippen molar-refractivity contribution in [2.24, 2.45) is 0 Å². The number of benzene rings is 3. The highest BCUT2D eigenvalue weighted by Crippen LogP contribution is 2.27. The third kappa shape index (κ3) is 27.2. The smallest absolute Gasteiger partial charge is 0.323 e. The SMILES string of the molecule is COCC(C)N(CC(=O)N(CC(C)=O)CC(=O)O)C(=O)CN(C(=O)CN(C(=O)CN(CC(=O)O)C(=O)CN(C(=O)CN(C(=O)CN(C(=O)CN(C(=O)CNCCSC)C(C)c1ccccc1)C(C)c1ccccc1)C(C)c1ccccc1)C(C)COC)C(C)COC)C(C)COC. The lowest BCUT2D eigenvalue weighted by molar-refractivity contribution is -0.154. The molecule has 3 aromatic rings. The number of methoxy groups -OCH3 is 4. The molecule has 0 saturated carbocycles. The van der Waals surface area contributed by atoms with Crippen molar-refractivity contribution < 1.29 is 86.7 Å². The van der Waals surface area contributed by atoms with Crippen LogP contribution in [0.3, 0.4) is 0 Å². The molecule has 0 heterocycles. The lowest BCUT2D eigenvalue weighted by atomic mass is 10.0. The molecule has 0 saturated heterocycles. The summed E-state index contributed by atoms with van der Waals surface area (Å²) in [5.41, 5.74) is 2.05. The summed E-state index contributed by atoms with van der Waals surface area (Å²) in [5.74, 6) is -9.64. The molecular weight excluding hydrogens is 1280 g/mol. The molecule has 97 heavy (non-hydrogen) atoms. The predicted octanol–water partition coefficient (Wildman–Crippen LogP) is 2.58. The number of carbonyl (C=O) groups is 12. The second kappa shape index (κ2) is 43.0. The van der Waals surface area contributed by atoms with Crippen molar-refractivity contribution in [1.82, 2.24) is 49.4 Å². The van der Waals surface area contributed by atoms with Gasteiger partial charge in [0.15, 0.2) is 0 Å². The van der Waals surface area contributed by atoms with Gasteiger partial charge in [0.2, 0.25) is 53.2 Å². The van der Waals surface area contributed by atoms with Crippen molar-refractivity contribution in [2.45, 2.75) is 97.7 Å². The number of rotatable bonds is 45. The molecule has 536 valence electrons. The lowest BCUT2D eigenvalue weighted by Gasteiger charge is -2.38. The van der Waals surface area contributed by atoms with Crippen LogP contribution in [0.4, 0.5) is 0 Å². The van der Waals surface area contributed by atoms with E-state index < -0.39 is 179 Å². The highest BCUT2D eigenvalue weighted by Gasteiger charge is 2.38. The quantitative estimate of drug-likeness (QED) is 0.0685. The maximum Gasteiger partial charge on any atom is 0.323 e. The van der Waals surface area contributed by atoms with Crippen LogP contribution in [-0.2, 0) is 76.5 Å². The molecule has 0 aliphatic rings. The van der Waals surface area contributed by atoms with Crippen LogP contribution < -0.4 is 5.32 Å². The van der Waals surface area contributed by atoms with E-state index in [4.69, 9.17) is 18.9 Å². The van der Waals surface area contributed by atoms with E-state index in [1.165, 1.54) is 50.1 Å². The Kier molecular flexibility index (Phi) is 36.8. The van der Waals surface area contributed by atoms with Crippen LogP contribution in [0.15, 0.2) is 91.0 Å². The number of carboxylic acid groups (broad SMARTS) is 2. The Morgan fingerprint density at radius 1 is 0.371 bits per heavy atom. The van der Waals surface area contributed by atoms with Crippen molar-refractivity contribution in [2.75, 3.05) is 152 Å². The van der Waals surface area contributed by atoms with Crippen molar-refractivity contribution >= 4 is 82.6 Å². The average molecular weight is 1380 g/mol. The Hall–Kier alpha value is -8.35. The first kappa shape index (κ1) is 82.9. The highest BCUT2D eigenvalue weighted by atomic mass is 32.2. The van der Waals surface area contributed by atoms with E-state index in [0.29, 0.717) is 22.6 Å². The molecule has 0 aliphatic carbocycles. The predicted molar refractivity (Wildman–Crippen MR) is 362 cm³/mol. The molecule has 0 aromatic heterocycles. The van der Waals surface area contributed by atoms with E-state index >= 15 is 14.4 Å². The number of ketones is 1. The average Bonchev–Trinajstić information content (AvgIpc) is 0.899. The van der Waals surface area contributed by atoms with Crippen molar-refractivity contribution in [3.05, 3.63) is 108 Å². The number of aliphatic carboxylic acids is 2. The van der Waals surface area contributed by atoms with Gasteiger partial charge in [-0.2, -0.15) is 11.8 Å². The van der Waals surface area contributed by atoms with Crippen LogP contribution in [0.2, 0.25) is 0 Å². The Bertz CT molecular complexity index is 3030. The van der Waals surface area contributed by atoms with Gasteiger partial charge in [0.1, 0.15) is 71.2 Å². The first-order valence-corrected chi connectivity index (χ1v) is 33.3. The normalized spacial score (nSPS) is 13.2. The van der Waals surface area contributed by atoms with Crippen molar-refractivity contribution in [3.63, 3.8) is 0 Å². The van der Waals surface area contributed by atoms with E-state index in [-0.39, 0.29) is 38.9 Å². The molecule has 28 nitrogen and oxygen atoms in total. The van der Waals surface area contributed by atoms with Crippen LogP contribution in [0.5, 0.6) is 0 Å². The van der Waals surface area contributed by atoms with Gasteiger partial charge < -0.3 is 78.6 Å². The molecular formula is C68H100N10O18S. The number of hydrogen-bond acceptors (Lipinski definition) is 18. The van der Waals surface area contributed by atoms with Crippen molar-refractivity contribution in [1.29, 1.82) is 0 Å². The fraction of sp³-hybridized carbons (Fsp3) is 0.559. The zero-order valence-electron chi connectivity index (χ0n) is 58.3. The lowest BCUT2D eigenvalue weighted by Crippen LogP contribution is -2.57.